The summed E-state index contributed by atoms with van der Waals surface area (Å²) in [6, 6.07) is 8.13. The zero-order valence-corrected chi connectivity index (χ0v) is 20.7. The Balaban J connectivity index is 1.75. The number of nitro groups is 1. The lowest BCUT2D eigenvalue weighted by atomic mass is 10.0. The molecule has 8 nitrogen and oxygen atoms in total. The highest BCUT2D eigenvalue weighted by Gasteiger charge is 2.24. The van der Waals surface area contributed by atoms with Gasteiger partial charge in [-0.05, 0) is 58.2 Å². The Hall–Kier alpha value is -3.10. The Morgan fingerprint density at radius 3 is 2.50 bits per heavy atom. The number of esters is 1. The van der Waals surface area contributed by atoms with E-state index in [1.54, 1.807) is 30.5 Å². The van der Waals surface area contributed by atoms with Crippen molar-refractivity contribution in [3.8, 4) is 11.1 Å². The molecule has 0 bridgehead atoms. The van der Waals surface area contributed by atoms with E-state index in [9.17, 15) is 14.9 Å². The number of benzene rings is 1. The number of rotatable bonds is 8. The number of nitrogens with zero attached hydrogens (tertiary/aromatic N) is 3. The molecular formula is C24H26Cl2N4O4. The molecule has 0 radical (unpaired) electrons. The molecule has 3 rings (SSSR count). The maximum Gasteiger partial charge on any atom is 0.340 e. The average Bonchev–Trinajstić information content (AvgIpc) is 3.14. The maximum absolute atomic E-state index is 12.9. The number of nitrogens with two attached hydrogens (primary N) is 1. The summed E-state index contributed by atoms with van der Waals surface area (Å²) in [6.45, 7) is 6.09. The van der Waals surface area contributed by atoms with Crippen molar-refractivity contribution in [2.75, 3.05) is 5.73 Å². The fourth-order valence-corrected chi connectivity index (χ4v) is 3.97. The predicted molar refractivity (Wildman–Crippen MR) is 133 cm³/mol. The Labute approximate surface area is 207 Å². The Bertz CT molecular complexity index is 1220. The van der Waals surface area contributed by atoms with E-state index in [2.05, 4.69) is 4.98 Å². The molecule has 10 heteroatoms. The first-order valence-corrected chi connectivity index (χ1v) is 11.5. The van der Waals surface area contributed by atoms with E-state index in [0.29, 0.717) is 45.4 Å². The summed E-state index contributed by atoms with van der Waals surface area (Å²) >= 11 is 12.5. The van der Waals surface area contributed by atoms with Gasteiger partial charge in [0.25, 0.3) is 0 Å². The lowest BCUT2D eigenvalue weighted by Gasteiger charge is -2.19. The van der Waals surface area contributed by atoms with Gasteiger partial charge in [0.2, 0.25) is 5.82 Å². The van der Waals surface area contributed by atoms with Crippen molar-refractivity contribution in [1.29, 1.82) is 0 Å². The Morgan fingerprint density at radius 2 is 1.88 bits per heavy atom. The molecule has 3 aromatic rings. The van der Waals surface area contributed by atoms with E-state index in [1.807, 2.05) is 31.5 Å². The third kappa shape index (κ3) is 6.48. The normalized spacial score (nSPS) is 11.4. The molecule has 180 valence electrons. The summed E-state index contributed by atoms with van der Waals surface area (Å²) in [5, 5.41) is 11.8. The first kappa shape index (κ1) is 25.5. The van der Waals surface area contributed by atoms with Gasteiger partial charge in [0.15, 0.2) is 0 Å². The minimum Gasteiger partial charge on any atom is -0.456 e. The van der Waals surface area contributed by atoms with Crippen molar-refractivity contribution in [3.63, 3.8) is 0 Å². The summed E-state index contributed by atoms with van der Waals surface area (Å²) in [6.07, 6.45) is 5.82. The number of hydrogen-bond donors (Lipinski definition) is 1. The van der Waals surface area contributed by atoms with Crippen LogP contribution in [0.1, 0.15) is 49.7 Å². The van der Waals surface area contributed by atoms with Gasteiger partial charge in [0.1, 0.15) is 5.60 Å². The van der Waals surface area contributed by atoms with E-state index in [1.165, 1.54) is 6.07 Å². The van der Waals surface area contributed by atoms with Crippen molar-refractivity contribution >= 4 is 40.7 Å². The molecular weight excluding hydrogens is 479 g/mol. The molecule has 0 fully saturated rings. The fourth-order valence-electron chi connectivity index (χ4n) is 3.46. The van der Waals surface area contributed by atoms with Crippen LogP contribution in [0.4, 0.5) is 11.5 Å². The molecule has 2 heterocycles. The van der Waals surface area contributed by atoms with Crippen molar-refractivity contribution in [2.24, 2.45) is 0 Å². The summed E-state index contributed by atoms with van der Waals surface area (Å²) in [5.74, 6) is -0.516. The third-order valence-electron chi connectivity index (χ3n) is 4.98. The van der Waals surface area contributed by atoms with Crippen molar-refractivity contribution in [1.82, 2.24) is 9.55 Å². The molecule has 0 amide bonds. The number of pyridine rings is 1. The van der Waals surface area contributed by atoms with Gasteiger partial charge in [0, 0.05) is 51.9 Å². The predicted octanol–water partition coefficient (Wildman–Crippen LogP) is 6.33. The number of carbonyl (C=O) groups is 1. The highest BCUT2D eigenvalue weighted by molar-refractivity contribution is 6.36. The summed E-state index contributed by atoms with van der Waals surface area (Å²) in [5.41, 5.74) is 7.30. The second-order valence-electron chi connectivity index (χ2n) is 8.87. The molecule has 0 aliphatic carbocycles. The maximum atomic E-state index is 12.9. The van der Waals surface area contributed by atoms with Gasteiger partial charge in [0.05, 0.1) is 10.5 Å². The van der Waals surface area contributed by atoms with E-state index in [-0.39, 0.29) is 11.5 Å². The van der Waals surface area contributed by atoms with Crippen LogP contribution in [0.2, 0.25) is 10.0 Å². The molecule has 1 aromatic carbocycles. The van der Waals surface area contributed by atoms with Gasteiger partial charge in [-0.1, -0.05) is 29.3 Å². The molecule has 0 unspecified atom stereocenters. The standard InChI is InChI=1S/C24H26Cl2N4O4/c1-24(2,3)34-23(31)19-14-29(13-18(19)17-9-7-15(25)12-20(17)26)11-5-4-6-16-8-10-21(30(32)33)22(27)28-16/h7-10,12-14H,4-6,11H2,1-3H3,(H2,27,28). The van der Waals surface area contributed by atoms with E-state index in [4.69, 9.17) is 33.7 Å². The molecule has 2 N–H and O–H groups in total. The van der Waals surface area contributed by atoms with Crippen LogP contribution in [-0.4, -0.2) is 26.0 Å². The van der Waals surface area contributed by atoms with Gasteiger partial charge < -0.3 is 15.0 Å². The van der Waals surface area contributed by atoms with Crippen LogP contribution >= 0.6 is 23.2 Å². The van der Waals surface area contributed by atoms with Gasteiger partial charge >= 0.3 is 11.7 Å². The number of unbranched alkanes of at least 4 members (excludes halogenated alkanes) is 1. The monoisotopic (exact) mass is 504 g/mol. The van der Waals surface area contributed by atoms with Crippen LogP contribution in [0, 0.1) is 10.1 Å². The zero-order valence-electron chi connectivity index (χ0n) is 19.2. The smallest absolute Gasteiger partial charge is 0.340 e. The Kier molecular flexibility index (Phi) is 7.84. The second-order valence-corrected chi connectivity index (χ2v) is 9.71. The summed E-state index contributed by atoms with van der Waals surface area (Å²) in [4.78, 5) is 27.3. The van der Waals surface area contributed by atoms with Crippen molar-refractivity contribution in [3.05, 3.63) is 74.1 Å². The lowest BCUT2D eigenvalue weighted by Crippen LogP contribution is -2.24. The number of ether oxygens (including phenoxy) is 1. The van der Waals surface area contributed by atoms with Gasteiger partial charge in [-0.3, -0.25) is 10.1 Å². The van der Waals surface area contributed by atoms with Crippen molar-refractivity contribution < 1.29 is 14.5 Å². The number of hydrogen-bond acceptors (Lipinski definition) is 6. The van der Waals surface area contributed by atoms with Crippen LogP contribution in [0.15, 0.2) is 42.7 Å². The molecule has 0 aliphatic heterocycles. The molecule has 0 saturated carbocycles. The first-order valence-electron chi connectivity index (χ1n) is 10.7. The van der Waals surface area contributed by atoms with Crippen LogP contribution in [0.25, 0.3) is 11.1 Å². The zero-order chi connectivity index (χ0) is 25.0. The number of aromatic nitrogens is 2. The summed E-state index contributed by atoms with van der Waals surface area (Å²) < 4.78 is 7.52. The number of anilines is 1. The van der Waals surface area contributed by atoms with Crippen LogP contribution in [-0.2, 0) is 17.7 Å². The minimum atomic E-state index is -0.639. The molecule has 0 atom stereocenters. The van der Waals surface area contributed by atoms with E-state index < -0.39 is 16.5 Å². The topological polar surface area (TPSA) is 113 Å². The minimum absolute atomic E-state index is 0.0839. The third-order valence-corrected chi connectivity index (χ3v) is 5.52. The van der Waals surface area contributed by atoms with Crippen molar-refractivity contribution in [2.45, 2.75) is 52.2 Å². The number of carbonyl (C=O) groups excluding carboxylic acids is 1. The number of aryl methyl sites for hydroxylation is 2. The number of nitrogen functional groups attached to an aromatic ring is 1. The second kappa shape index (κ2) is 10.4. The van der Waals surface area contributed by atoms with E-state index >= 15 is 0 Å². The van der Waals surface area contributed by atoms with Gasteiger partial charge in [-0.15, -0.1) is 0 Å². The SMILES string of the molecule is CC(C)(C)OC(=O)c1cn(CCCCc2ccc([N+](=O)[O-])c(N)n2)cc1-c1ccc(Cl)cc1Cl. The van der Waals surface area contributed by atoms with E-state index in [0.717, 1.165) is 12.8 Å². The Morgan fingerprint density at radius 1 is 1.15 bits per heavy atom. The number of halogens is 2. The van der Waals surface area contributed by atoms with Crippen LogP contribution in [0.5, 0.6) is 0 Å². The highest BCUT2D eigenvalue weighted by Crippen LogP contribution is 2.34. The molecule has 34 heavy (non-hydrogen) atoms. The fraction of sp³-hybridized carbons (Fsp3) is 0.333. The molecule has 0 spiro atoms. The summed E-state index contributed by atoms with van der Waals surface area (Å²) in [7, 11) is 0. The lowest BCUT2D eigenvalue weighted by molar-refractivity contribution is -0.384. The molecule has 0 aliphatic rings. The van der Waals surface area contributed by atoms with Gasteiger partial charge in [-0.25, -0.2) is 9.78 Å². The molecule has 2 aromatic heterocycles. The first-order chi connectivity index (χ1) is 15.9. The van der Waals surface area contributed by atoms with Crippen LogP contribution < -0.4 is 5.73 Å². The quantitative estimate of drug-likeness (QED) is 0.166. The van der Waals surface area contributed by atoms with Crippen LogP contribution in [0.3, 0.4) is 0 Å². The highest BCUT2D eigenvalue weighted by atomic mass is 35.5. The average molecular weight is 505 g/mol. The van der Waals surface area contributed by atoms with Gasteiger partial charge in [-0.2, -0.15) is 0 Å². The molecule has 0 saturated heterocycles. The largest absolute Gasteiger partial charge is 0.456 e.